The van der Waals surface area contributed by atoms with Gasteiger partial charge in [0.25, 0.3) is 0 Å². The SMILES string of the molecule is CC1C(OC(=O)c2cc(Cl)cc(Cl)c2)CN2C(N)=NC(CO)C3N=C(N)N(O)C132. The molecular formula is C17H20Cl2N6O4. The van der Waals surface area contributed by atoms with Crippen molar-refractivity contribution >= 4 is 41.1 Å². The number of carbonyl (C=O) groups is 1. The van der Waals surface area contributed by atoms with Crippen molar-refractivity contribution in [3.05, 3.63) is 33.8 Å². The third kappa shape index (κ3) is 2.82. The summed E-state index contributed by atoms with van der Waals surface area (Å²) in [6.45, 7) is 1.62. The largest absolute Gasteiger partial charge is 0.456 e. The highest BCUT2D eigenvalue weighted by molar-refractivity contribution is 6.35. The highest BCUT2D eigenvalue weighted by Crippen LogP contribution is 2.48. The fraction of sp³-hybridized carbons (Fsp3) is 0.471. The van der Waals surface area contributed by atoms with Gasteiger partial charge in [0.05, 0.1) is 18.7 Å². The van der Waals surface area contributed by atoms with Crippen LogP contribution in [0.1, 0.15) is 17.3 Å². The van der Waals surface area contributed by atoms with Crippen molar-refractivity contribution in [2.75, 3.05) is 13.2 Å². The van der Waals surface area contributed by atoms with E-state index in [1.54, 1.807) is 11.8 Å². The Morgan fingerprint density at radius 3 is 2.55 bits per heavy atom. The Hall–Kier alpha value is -2.27. The van der Waals surface area contributed by atoms with Crippen molar-refractivity contribution in [1.82, 2.24) is 9.96 Å². The van der Waals surface area contributed by atoms with Gasteiger partial charge in [0.2, 0.25) is 5.96 Å². The molecule has 0 saturated carbocycles. The standard InChI is InChI=1S/C17H20Cl2N6O4/c1-7-12(29-14(27)8-2-9(18)4-10(19)3-8)5-24-15(20)22-11(6-26)13-17(7,24)25(28)16(21)23-13/h2-4,7,11-13,26,28H,5-6H2,1H3,(H2,20,22)(H2,21,23). The number of carbonyl (C=O) groups excluding carboxylic acids is 1. The first-order chi connectivity index (χ1) is 13.7. The molecule has 3 heterocycles. The Balaban J connectivity index is 1.67. The summed E-state index contributed by atoms with van der Waals surface area (Å²) in [7, 11) is 0. The highest BCUT2D eigenvalue weighted by Gasteiger charge is 2.68. The van der Waals surface area contributed by atoms with Crippen molar-refractivity contribution < 1.29 is 19.8 Å². The molecule has 10 nitrogen and oxygen atoms in total. The molecule has 5 unspecified atom stereocenters. The van der Waals surface area contributed by atoms with Gasteiger partial charge in [0, 0.05) is 16.0 Å². The van der Waals surface area contributed by atoms with Gasteiger partial charge in [0.15, 0.2) is 11.6 Å². The van der Waals surface area contributed by atoms with Gasteiger partial charge in [-0.2, -0.15) is 5.06 Å². The van der Waals surface area contributed by atoms with E-state index < -0.39 is 35.7 Å². The maximum atomic E-state index is 12.7. The van der Waals surface area contributed by atoms with Crippen LogP contribution in [-0.4, -0.2) is 75.2 Å². The number of aliphatic hydroxyl groups excluding tert-OH is 1. The molecule has 3 aliphatic rings. The van der Waals surface area contributed by atoms with E-state index >= 15 is 0 Å². The monoisotopic (exact) mass is 442 g/mol. The second-order valence-electron chi connectivity index (χ2n) is 7.27. The number of ether oxygens (including phenoxy) is 1. The topological polar surface area (TPSA) is 150 Å². The Kier molecular flexibility index (Phi) is 4.77. The molecule has 1 aromatic rings. The maximum absolute atomic E-state index is 12.7. The number of hydrogen-bond acceptors (Lipinski definition) is 10. The summed E-state index contributed by atoms with van der Waals surface area (Å²) in [6.07, 6.45) is -0.676. The van der Waals surface area contributed by atoms with Crippen molar-refractivity contribution in [3.63, 3.8) is 0 Å². The van der Waals surface area contributed by atoms with Gasteiger partial charge in [-0.3, -0.25) is 5.21 Å². The number of aliphatic hydroxyl groups is 1. The van der Waals surface area contributed by atoms with Crippen molar-refractivity contribution in [2.24, 2.45) is 27.4 Å². The van der Waals surface area contributed by atoms with Crippen LogP contribution in [0.3, 0.4) is 0 Å². The van der Waals surface area contributed by atoms with E-state index in [-0.39, 0.29) is 30.6 Å². The third-order valence-corrected chi connectivity index (χ3v) is 6.20. The second-order valence-corrected chi connectivity index (χ2v) is 8.14. The minimum atomic E-state index is -1.22. The Bertz CT molecular complexity index is 907. The summed E-state index contributed by atoms with van der Waals surface area (Å²) >= 11 is 11.9. The molecule has 1 aromatic carbocycles. The second kappa shape index (κ2) is 6.91. The van der Waals surface area contributed by atoms with Gasteiger partial charge in [0.1, 0.15) is 18.2 Å². The number of hydrogen-bond donors (Lipinski definition) is 4. The van der Waals surface area contributed by atoms with Gasteiger partial charge in [-0.25, -0.2) is 14.8 Å². The zero-order valence-electron chi connectivity index (χ0n) is 15.4. The number of guanidine groups is 2. The molecule has 156 valence electrons. The van der Waals surface area contributed by atoms with E-state index in [0.29, 0.717) is 10.0 Å². The van der Waals surface area contributed by atoms with Crippen molar-refractivity contribution in [3.8, 4) is 0 Å². The van der Waals surface area contributed by atoms with Gasteiger partial charge in [-0.05, 0) is 18.2 Å². The van der Waals surface area contributed by atoms with Crippen LogP contribution in [0.5, 0.6) is 0 Å². The van der Waals surface area contributed by atoms with E-state index in [4.69, 9.17) is 39.4 Å². The Morgan fingerprint density at radius 2 is 1.93 bits per heavy atom. The minimum absolute atomic E-state index is 0.0976. The maximum Gasteiger partial charge on any atom is 0.338 e. The molecule has 29 heavy (non-hydrogen) atoms. The lowest BCUT2D eigenvalue weighted by atomic mass is 9.83. The molecule has 1 saturated heterocycles. The number of halogens is 2. The molecule has 0 amide bonds. The summed E-state index contributed by atoms with van der Waals surface area (Å²) in [6, 6.07) is 3.04. The van der Waals surface area contributed by atoms with E-state index in [0.717, 1.165) is 5.06 Å². The van der Waals surface area contributed by atoms with Crippen LogP contribution in [0.4, 0.5) is 0 Å². The van der Waals surface area contributed by atoms with E-state index in [2.05, 4.69) is 9.98 Å². The van der Waals surface area contributed by atoms with Crippen LogP contribution in [0.25, 0.3) is 0 Å². The Morgan fingerprint density at radius 1 is 1.28 bits per heavy atom. The number of nitrogens with zero attached hydrogens (tertiary/aromatic N) is 4. The molecule has 4 rings (SSSR count). The lowest BCUT2D eigenvalue weighted by Gasteiger charge is -2.48. The molecule has 1 fully saturated rings. The van der Waals surface area contributed by atoms with Crippen LogP contribution < -0.4 is 11.5 Å². The average Bonchev–Trinajstić information content (AvgIpc) is 3.10. The third-order valence-electron chi connectivity index (χ3n) is 5.77. The zero-order valence-corrected chi connectivity index (χ0v) is 16.9. The first-order valence-electron chi connectivity index (χ1n) is 8.91. The zero-order chi connectivity index (χ0) is 21.1. The number of nitrogens with two attached hydrogens (primary N) is 2. The fourth-order valence-corrected chi connectivity index (χ4v) is 4.98. The number of esters is 1. The van der Waals surface area contributed by atoms with Crippen LogP contribution in [0, 0.1) is 5.92 Å². The summed E-state index contributed by atoms with van der Waals surface area (Å²) in [5.41, 5.74) is 11.0. The van der Waals surface area contributed by atoms with Crippen LogP contribution in [0.15, 0.2) is 28.2 Å². The Labute approximate surface area is 176 Å². The molecule has 6 N–H and O–H groups in total. The number of rotatable bonds is 3. The minimum Gasteiger partial charge on any atom is -0.456 e. The molecule has 0 radical (unpaired) electrons. The quantitative estimate of drug-likeness (QED) is 0.486. The smallest absolute Gasteiger partial charge is 0.338 e. The first-order valence-corrected chi connectivity index (χ1v) is 9.67. The van der Waals surface area contributed by atoms with E-state index in [1.165, 1.54) is 18.2 Å². The predicted octanol–water partition coefficient (Wildman–Crippen LogP) is 0.244. The molecule has 0 bridgehead atoms. The average molecular weight is 443 g/mol. The van der Waals surface area contributed by atoms with Crippen LogP contribution >= 0.6 is 23.2 Å². The van der Waals surface area contributed by atoms with Gasteiger partial charge < -0.3 is 26.2 Å². The lowest BCUT2D eigenvalue weighted by Crippen LogP contribution is -2.71. The number of benzene rings is 1. The van der Waals surface area contributed by atoms with Crippen molar-refractivity contribution in [2.45, 2.75) is 30.8 Å². The van der Waals surface area contributed by atoms with E-state index in [1.807, 2.05) is 0 Å². The normalized spacial score (nSPS) is 33.1. The molecule has 1 spiro atoms. The number of aliphatic imine (C=N–C) groups is 2. The molecule has 0 aromatic heterocycles. The predicted molar refractivity (Wildman–Crippen MR) is 106 cm³/mol. The van der Waals surface area contributed by atoms with E-state index in [9.17, 15) is 15.1 Å². The molecule has 12 heteroatoms. The van der Waals surface area contributed by atoms with Crippen LogP contribution in [-0.2, 0) is 4.74 Å². The molecule has 3 aliphatic heterocycles. The number of hydroxylamine groups is 2. The molecule has 0 aliphatic carbocycles. The molecule has 5 atom stereocenters. The van der Waals surface area contributed by atoms with Crippen molar-refractivity contribution in [1.29, 1.82) is 0 Å². The van der Waals surface area contributed by atoms with Gasteiger partial charge in [-0.15, -0.1) is 0 Å². The summed E-state index contributed by atoms with van der Waals surface area (Å²) in [5.74, 6) is -1.13. The van der Waals surface area contributed by atoms with Gasteiger partial charge in [-0.1, -0.05) is 30.1 Å². The summed E-state index contributed by atoms with van der Waals surface area (Å²) < 4.78 is 5.71. The van der Waals surface area contributed by atoms with Crippen LogP contribution in [0.2, 0.25) is 10.0 Å². The molecular weight excluding hydrogens is 423 g/mol. The highest BCUT2D eigenvalue weighted by atomic mass is 35.5. The first kappa shape index (κ1) is 20.0. The van der Waals surface area contributed by atoms with Gasteiger partial charge >= 0.3 is 5.97 Å². The fourth-order valence-electron chi connectivity index (χ4n) is 4.45. The summed E-state index contributed by atoms with van der Waals surface area (Å²) in [4.78, 5) is 22.9. The lowest BCUT2D eigenvalue weighted by molar-refractivity contribution is -0.170. The summed E-state index contributed by atoms with van der Waals surface area (Å²) in [5, 5.41) is 21.9.